The Bertz CT molecular complexity index is 1220. The number of fused-ring (bicyclic) bond motifs is 1. The number of hydrogen-bond acceptors (Lipinski definition) is 7. The van der Waals surface area contributed by atoms with E-state index in [1.54, 1.807) is 23.5 Å². The summed E-state index contributed by atoms with van der Waals surface area (Å²) in [5, 5.41) is 3.30. The molecule has 1 aromatic carbocycles. The highest BCUT2D eigenvalue weighted by molar-refractivity contribution is 6.01. The number of rotatable bonds is 8. The number of nitrogens with one attached hydrogen (secondary N) is 1. The van der Waals surface area contributed by atoms with Crippen molar-refractivity contribution in [3.63, 3.8) is 0 Å². The van der Waals surface area contributed by atoms with Gasteiger partial charge in [0.2, 0.25) is 5.91 Å². The van der Waals surface area contributed by atoms with E-state index in [1.165, 1.54) is 25.0 Å². The van der Waals surface area contributed by atoms with E-state index in [0.717, 1.165) is 37.3 Å². The van der Waals surface area contributed by atoms with Crippen LogP contribution in [0, 0.1) is 11.7 Å². The van der Waals surface area contributed by atoms with Crippen molar-refractivity contribution in [2.75, 3.05) is 49.6 Å². The van der Waals surface area contributed by atoms with Gasteiger partial charge in [-0.2, -0.15) is 0 Å². The molecule has 2 atom stereocenters. The molecule has 1 N–H and O–H groups in total. The Morgan fingerprint density at radius 3 is 2.60 bits per heavy atom. The summed E-state index contributed by atoms with van der Waals surface area (Å²) in [7, 11) is 1.90. The van der Waals surface area contributed by atoms with Gasteiger partial charge in [-0.3, -0.25) is 9.59 Å². The highest BCUT2D eigenvalue weighted by Crippen LogP contribution is 2.39. The van der Waals surface area contributed by atoms with E-state index in [-0.39, 0.29) is 29.9 Å². The number of likely N-dealkylation sites (N-methyl/N-ethyl adjacent to an activating group) is 1. The molecule has 5 rings (SSSR count). The van der Waals surface area contributed by atoms with Gasteiger partial charge in [0.25, 0.3) is 5.91 Å². The summed E-state index contributed by atoms with van der Waals surface area (Å²) < 4.78 is 14.4. The maximum Gasteiger partial charge on any atom is 0.256 e. The molecule has 2 fully saturated rings. The fraction of sp³-hybridized carbons (Fsp3) is 0.600. The second-order valence-corrected chi connectivity index (χ2v) is 11.5. The number of likely N-dealkylation sites (tertiary alicyclic amines) is 1. The summed E-state index contributed by atoms with van der Waals surface area (Å²) >= 11 is 0. The summed E-state index contributed by atoms with van der Waals surface area (Å²) in [5.41, 5.74) is 1.77. The molecule has 0 spiro atoms. The number of nitrogens with zero attached hydrogens (tertiary/aromatic N) is 6. The van der Waals surface area contributed by atoms with Crippen molar-refractivity contribution in [3.05, 3.63) is 42.1 Å². The van der Waals surface area contributed by atoms with Crippen LogP contribution in [0.1, 0.15) is 63.2 Å². The molecule has 0 bridgehead atoms. The zero-order valence-electron chi connectivity index (χ0n) is 24.1. The molecule has 3 heterocycles. The number of amides is 2. The van der Waals surface area contributed by atoms with Crippen LogP contribution in [-0.2, 0) is 4.79 Å². The van der Waals surface area contributed by atoms with Crippen molar-refractivity contribution in [3.8, 4) is 0 Å². The molecular weight excluding hydrogens is 509 g/mol. The second-order valence-electron chi connectivity index (χ2n) is 11.5. The lowest BCUT2D eigenvalue weighted by Gasteiger charge is -2.41. The van der Waals surface area contributed by atoms with Crippen molar-refractivity contribution in [2.45, 2.75) is 71.0 Å². The molecule has 3 aliphatic rings. The zero-order valence-corrected chi connectivity index (χ0v) is 24.1. The van der Waals surface area contributed by atoms with E-state index in [4.69, 9.17) is 0 Å². The number of aromatic nitrogens is 2. The van der Waals surface area contributed by atoms with Gasteiger partial charge in [0.1, 0.15) is 17.8 Å². The van der Waals surface area contributed by atoms with Crippen molar-refractivity contribution in [2.24, 2.45) is 5.92 Å². The summed E-state index contributed by atoms with van der Waals surface area (Å²) in [6.07, 6.45) is 8.81. The molecule has 1 saturated carbocycles. The Balaban J connectivity index is 1.39. The van der Waals surface area contributed by atoms with E-state index in [1.807, 2.05) is 37.6 Å². The molecule has 1 aliphatic carbocycles. The smallest absolute Gasteiger partial charge is 0.256 e. The number of hydrogen-bond donors (Lipinski definition) is 1. The molecule has 40 heavy (non-hydrogen) atoms. The lowest BCUT2D eigenvalue weighted by molar-refractivity contribution is -0.133. The number of anilines is 3. The van der Waals surface area contributed by atoms with Crippen LogP contribution in [0.25, 0.3) is 0 Å². The van der Waals surface area contributed by atoms with Crippen LogP contribution in [0.5, 0.6) is 0 Å². The largest absolute Gasteiger partial charge is 0.348 e. The molecule has 1 saturated heterocycles. The molecule has 2 aliphatic heterocycles. The molecular formula is C30H42FN7O2. The van der Waals surface area contributed by atoms with E-state index < -0.39 is 5.82 Å². The van der Waals surface area contributed by atoms with Crippen LogP contribution in [0.4, 0.5) is 21.6 Å². The number of carbonyl (C=O) groups excluding carboxylic acids is 2. The van der Waals surface area contributed by atoms with E-state index >= 15 is 0 Å². The molecule has 2 aromatic rings. The zero-order chi connectivity index (χ0) is 28.4. The summed E-state index contributed by atoms with van der Waals surface area (Å²) in [5.74, 6) is 0.766. The lowest BCUT2D eigenvalue weighted by Crippen LogP contribution is -2.50. The summed E-state index contributed by atoms with van der Waals surface area (Å²) in [4.78, 5) is 44.1. The highest BCUT2D eigenvalue weighted by atomic mass is 19.1. The first kappa shape index (κ1) is 28.3. The van der Waals surface area contributed by atoms with Gasteiger partial charge in [-0.05, 0) is 71.2 Å². The van der Waals surface area contributed by atoms with Gasteiger partial charge in [0.05, 0.1) is 23.5 Å². The molecule has 10 heteroatoms. The third-order valence-corrected chi connectivity index (χ3v) is 8.87. The summed E-state index contributed by atoms with van der Waals surface area (Å²) in [6, 6.07) is 4.44. The Kier molecular flexibility index (Phi) is 8.54. The topological polar surface area (TPSA) is 84.9 Å². The van der Waals surface area contributed by atoms with Crippen LogP contribution in [0.2, 0.25) is 0 Å². The molecule has 0 radical (unpaired) electrons. The Hall–Kier alpha value is -3.27. The Labute approximate surface area is 236 Å². The standard InChI is InChI=1S/C30H42FN7O2/c1-5-36(20(2)3)29(39)24-16-22(31)10-11-25(24)38-15-14-37(28-26(38)17-33-19-34-28)23-12-13-35(18-23)30(40)27(32-4)21-8-6-7-9-21/h10-11,16-17,19-21,23,27,32H,5-9,12-15,18H2,1-4H3. The number of carbonyl (C=O) groups is 2. The maximum atomic E-state index is 14.4. The fourth-order valence-electron chi connectivity index (χ4n) is 6.82. The van der Waals surface area contributed by atoms with E-state index in [2.05, 4.69) is 20.2 Å². The predicted octanol–water partition coefficient (Wildman–Crippen LogP) is 3.82. The van der Waals surface area contributed by atoms with Crippen molar-refractivity contribution in [1.82, 2.24) is 25.1 Å². The maximum absolute atomic E-state index is 14.4. The van der Waals surface area contributed by atoms with Crippen molar-refractivity contribution in [1.29, 1.82) is 0 Å². The van der Waals surface area contributed by atoms with Gasteiger partial charge in [0, 0.05) is 44.8 Å². The monoisotopic (exact) mass is 551 g/mol. The predicted molar refractivity (Wildman–Crippen MR) is 154 cm³/mol. The molecule has 216 valence electrons. The van der Waals surface area contributed by atoms with Crippen LogP contribution >= 0.6 is 0 Å². The first-order valence-corrected chi connectivity index (χ1v) is 14.7. The highest BCUT2D eigenvalue weighted by Gasteiger charge is 2.39. The van der Waals surface area contributed by atoms with Gasteiger partial charge >= 0.3 is 0 Å². The third kappa shape index (κ3) is 5.38. The summed E-state index contributed by atoms with van der Waals surface area (Å²) in [6.45, 7) is 9.04. The minimum absolute atomic E-state index is 0.00900. The first-order valence-electron chi connectivity index (χ1n) is 14.7. The average molecular weight is 552 g/mol. The average Bonchev–Trinajstić information content (AvgIpc) is 3.66. The van der Waals surface area contributed by atoms with Crippen LogP contribution in [-0.4, -0.2) is 89.5 Å². The van der Waals surface area contributed by atoms with Crippen molar-refractivity contribution >= 4 is 29.0 Å². The SMILES string of the molecule is CCN(C(=O)c1cc(F)ccc1N1CCN(C2CCN(C(=O)C(NC)C3CCCC3)C2)c2ncncc21)C(C)C. The van der Waals surface area contributed by atoms with Crippen molar-refractivity contribution < 1.29 is 14.0 Å². The second kappa shape index (κ2) is 12.1. The van der Waals surface area contributed by atoms with Crippen LogP contribution in [0.3, 0.4) is 0 Å². The molecule has 9 nitrogen and oxygen atoms in total. The molecule has 2 amide bonds. The molecule has 2 unspecified atom stereocenters. The van der Waals surface area contributed by atoms with Crippen LogP contribution < -0.4 is 15.1 Å². The third-order valence-electron chi connectivity index (χ3n) is 8.87. The fourth-order valence-corrected chi connectivity index (χ4v) is 6.82. The normalized spacial score (nSPS) is 20.2. The minimum atomic E-state index is -0.441. The number of benzene rings is 1. The van der Waals surface area contributed by atoms with Gasteiger partial charge in [-0.15, -0.1) is 0 Å². The van der Waals surface area contributed by atoms with E-state index in [9.17, 15) is 14.0 Å². The Morgan fingerprint density at radius 1 is 1.12 bits per heavy atom. The lowest BCUT2D eigenvalue weighted by atomic mass is 9.97. The minimum Gasteiger partial charge on any atom is -0.348 e. The van der Waals surface area contributed by atoms with Gasteiger partial charge < -0.3 is 24.9 Å². The van der Waals surface area contributed by atoms with Crippen LogP contribution in [0.15, 0.2) is 30.7 Å². The van der Waals surface area contributed by atoms with Gasteiger partial charge in [-0.25, -0.2) is 14.4 Å². The number of halogens is 1. The quantitative estimate of drug-likeness (QED) is 0.534. The van der Waals surface area contributed by atoms with Gasteiger partial charge in [0.15, 0.2) is 5.82 Å². The molecule has 1 aromatic heterocycles. The van der Waals surface area contributed by atoms with Gasteiger partial charge in [-0.1, -0.05) is 12.8 Å². The van der Waals surface area contributed by atoms with E-state index in [0.29, 0.717) is 43.3 Å². The Morgan fingerprint density at radius 2 is 1.90 bits per heavy atom. The first-order chi connectivity index (χ1) is 19.3.